The fourth-order valence-corrected chi connectivity index (χ4v) is 1.26. The highest BCUT2D eigenvalue weighted by atomic mass is 16.4. The molecule has 16 heavy (non-hydrogen) atoms. The van der Waals surface area contributed by atoms with Crippen LogP contribution in [0.15, 0.2) is 16.7 Å². The lowest BCUT2D eigenvalue weighted by Crippen LogP contribution is -2.11. The number of carboxylic acid groups (broad SMARTS) is 1. The number of rotatable bonds is 4. The summed E-state index contributed by atoms with van der Waals surface area (Å²) in [6.07, 6.45) is 2.07. The molecule has 0 aliphatic rings. The van der Waals surface area contributed by atoms with Gasteiger partial charge in [-0.05, 0) is 6.07 Å². The van der Waals surface area contributed by atoms with Crippen LogP contribution < -0.4 is 0 Å². The van der Waals surface area contributed by atoms with Crippen molar-refractivity contribution in [2.75, 3.05) is 0 Å². The average Bonchev–Trinajstić information content (AvgIpc) is 2.87. The Bertz CT molecular complexity index is 502. The summed E-state index contributed by atoms with van der Waals surface area (Å²) in [7, 11) is 0. The Kier molecular flexibility index (Phi) is 2.67. The number of aromatic carboxylic acids is 1. The first-order valence-electron chi connectivity index (χ1n) is 4.77. The minimum Gasteiger partial charge on any atom is -0.477 e. The minimum absolute atomic E-state index is 0.0937. The van der Waals surface area contributed by atoms with Crippen molar-refractivity contribution in [3.05, 3.63) is 29.7 Å². The van der Waals surface area contributed by atoms with Crippen molar-refractivity contribution in [1.82, 2.24) is 20.0 Å². The first kappa shape index (κ1) is 10.3. The number of nitrogens with zero attached hydrogens (tertiary/aromatic N) is 4. The SMILES string of the molecule is CCc1nnc(Cn2nccc2C(=O)O)o1. The summed E-state index contributed by atoms with van der Waals surface area (Å²) in [6, 6.07) is 1.42. The zero-order valence-electron chi connectivity index (χ0n) is 8.62. The Labute approximate surface area is 90.7 Å². The van der Waals surface area contributed by atoms with Gasteiger partial charge in [0, 0.05) is 12.6 Å². The zero-order valence-corrected chi connectivity index (χ0v) is 8.62. The second kappa shape index (κ2) is 4.13. The molecule has 2 heterocycles. The monoisotopic (exact) mass is 222 g/mol. The maximum absolute atomic E-state index is 10.8. The van der Waals surface area contributed by atoms with Crippen molar-refractivity contribution < 1.29 is 14.3 Å². The van der Waals surface area contributed by atoms with Crippen molar-refractivity contribution in [3.63, 3.8) is 0 Å². The van der Waals surface area contributed by atoms with Gasteiger partial charge in [0.2, 0.25) is 11.8 Å². The van der Waals surface area contributed by atoms with Gasteiger partial charge in [0.25, 0.3) is 0 Å². The predicted octanol–water partition coefficient (Wildman–Crippen LogP) is 0.575. The van der Waals surface area contributed by atoms with Gasteiger partial charge in [0.05, 0.1) is 0 Å². The standard InChI is InChI=1S/C9H10N4O3/c1-2-7-11-12-8(16-7)5-13-6(9(14)15)3-4-10-13/h3-4H,2,5H2,1H3,(H,14,15). The van der Waals surface area contributed by atoms with E-state index in [4.69, 9.17) is 9.52 Å². The van der Waals surface area contributed by atoms with Crippen molar-refractivity contribution in [2.24, 2.45) is 0 Å². The van der Waals surface area contributed by atoms with E-state index >= 15 is 0 Å². The second-order valence-electron chi connectivity index (χ2n) is 3.12. The average molecular weight is 222 g/mol. The normalized spacial score (nSPS) is 10.6. The molecule has 0 saturated carbocycles. The van der Waals surface area contributed by atoms with Crippen LogP contribution in [0.1, 0.15) is 29.2 Å². The largest absolute Gasteiger partial charge is 0.477 e. The Morgan fingerprint density at radius 2 is 2.25 bits per heavy atom. The molecule has 2 aromatic heterocycles. The number of hydrogen-bond donors (Lipinski definition) is 1. The molecule has 1 N–H and O–H groups in total. The molecule has 2 rings (SSSR count). The van der Waals surface area contributed by atoms with Gasteiger partial charge in [-0.25, -0.2) is 9.48 Å². The van der Waals surface area contributed by atoms with Gasteiger partial charge >= 0.3 is 5.97 Å². The molecule has 7 heteroatoms. The Hall–Kier alpha value is -2.18. The van der Waals surface area contributed by atoms with E-state index in [2.05, 4.69) is 15.3 Å². The molecule has 0 aliphatic carbocycles. The third kappa shape index (κ3) is 1.92. The van der Waals surface area contributed by atoms with E-state index < -0.39 is 5.97 Å². The van der Waals surface area contributed by atoms with Gasteiger partial charge < -0.3 is 9.52 Å². The molecule has 0 spiro atoms. The molecule has 0 amide bonds. The van der Waals surface area contributed by atoms with E-state index in [0.717, 1.165) is 0 Å². The van der Waals surface area contributed by atoms with E-state index in [1.807, 2.05) is 6.92 Å². The van der Waals surface area contributed by atoms with Gasteiger partial charge in [0.15, 0.2) is 0 Å². The van der Waals surface area contributed by atoms with Crippen LogP contribution in [0.2, 0.25) is 0 Å². The Balaban J connectivity index is 2.20. The van der Waals surface area contributed by atoms with Gasteiger partial charge in [-0.15, -0.1) is 10.2 Å². The van der Waals surface area contributed by atoms with Gasteiger partial charge in [-0.1, -0.05) is 6.92 Å². The zero-order chi connectivity index (χ0) is 11.5. The molecular formula is C9H10N4O3. The Morgan fingerprint density at radius 1 is 1.50 bits per heavy atom. The smallest absolute Gasteiger partial charge is 0.354 e. The van der Waals surface area contributed by atoms with Crippen LogP contribution in [-0.2, 0) is 13.0 Å². The van der Waals surface area contributed by atoms with Crippen LogP contribution in [0, 0.1) is 0 Å². The van der Waals surface area contributed by atoms with Gasteiger partial charge in [0.1, 0.15) is 12.2 Å². The number of aryl methyl sites for hydroxylation is 1. The molecule has 0 aliphatic heterocycles. The van der Waals surface area contributed by atoms with E-state index in [9.17, 15) is 4.79 Å². The van der Waals surface area contributed by atoms with Crippen LogP contribution in [-0.4, -0.2) is 31.1 Å². The lowest BCUT2D eigenvalue weighted by atomic mass is 10.4. The number of carbonyl (C=O) groups is 1. The summed E-state index contributed by atoms with van der Waals surface area (Å²) in [5.41, 5.74) is 0.0937. The van der Waals surface area contributed by atoms with Crippen molar-refractivity contribution >= 4 is 5.97 Å². The number of aromatic nitrogens is 4. The Morgan fingerprint density at radius 3 is 2.88 bits per heavy atom. The minimum atomic E-state index is -1.03. The van der Waals surface area contributed by atoms with Gasteiger partial charge in [-0.3, -0.25) is 0 Å². The van der Waals surface area contributed by atoms with Crippen molar-refractivity contribution in [3.8, 4) is 0 Å². The molecule has 2 aromatic rings. The number of carboxylic acids is 1. The van der Waals surface area contributed by atoms with Crippen LogP contribution in [0.5, 0.6) is 0 Å². The van der Waals surface area contributed by atoms with Crippen LogP contribution in [0.25, 0.3) is 0 Å². The molecule has 7 nitrogen and oxygen atoms in total. The fraction of sp³-hybridized carbons (Fsp3) is 0.333. The molecule has 0 aromatic carbocycles. The van der Waals surface area contributed by atoms with E-state index in [-0.39, 0.29) is 12.2 Å². The van der Waals surface area contributed by atoms with E-state index in [0.29, 0.717) is 18.2 Å². The summed E-state index contributed by atoms with van der Waals surface area (Å²) in [5.74, 6) is -0.158. The van der Waals surface area contributed by atoms with Crippen molar-refractivity contribution in [1.29, 1.82) is 0 Å². The molecular weight excluding hydrogens is 212 g/mol. The van der Waals surface area contributed by atoms with Crippen LogP contribution in [0.4, 0.5) is 0 Å². The fourth-order valence-electron chi connectivity index (χ4n) is 1.26. The van der Waals surface area contributed by atoms with E-state index in [1.54, 1.807) is 0 Å². The maximum Gasteiger partial charge on any atom is 0.354 e. The molecule has 0 fully saturated rings. The first-order chi connectivity index (χ1) is 7.70. The third-order valence-corrected chi connectivity index (χ3v) is 2.03. The highest BCUT2D eigenvalue weighted by molar-refractivity contribution is 5.85. The van der Waals surface area contributed by atoms with Gasteiger partial charge in [-0.2, -0.15) is 5.10 Å². The van der Waals surface area contributed by atoms with Crippen LogP contribution >= 0.6 is 0 Å². The predicted molar refractivity (Wildman–Crippen MR) is 52.0 cm³/mol. The molecule has 84 valence electrons. The topological polar surface area (TPSA) is 94.0 Å². The lowest BCUT2D eigenvalue weighted by molar-refractivity contribution is 0.0683. The first-order valence-corrected chi connectivity index (χ1v) is 4.77. The summed E-state index contributed by atoms with van der Waals surface area (Å²) in [5, 5.41) is 20.3. The summed E-state index contributed by atoms with van der Waals surface area (Å²) >= 11 is 0. The summed E-state index contributed by atoms with van der Waals surface area (Å²) in [4.78, 5) is 10.8. The molecule has 0 saturated heterocycles. The van der Waals surface area contributed by atoms with Crippen molar-refractivity contribution in [2.45, 2.75) is 19.9 Å². The highest BCUT2D eigenvalue weighted by Gasteiger charge is 2.13. The highest BCUT2D eigenvalue weighted by Crippen LogP contribution is 2.05. The molecule has 0 unspecified atom stereocenters. The number of hydrogen-bond acceptors (Lipinski definition) is 5. The van der Waals surface area contributed by atoms with E-state index in [1.165, 1.54) is 16.9 Å². The quantitative estimate of drug-likeness (QED) is 0.812. The molecule has 0 bridgehead atoms. The maximum atomic E-state index is 10.8. The summed E-state index contributed by atoms with van der Waals surface area (Å²) in [6.45, 7) is 2.06. The third-order valence-electron chi connectivity index (χ3n) is 2.03. The van der Waals surface area contributed by atoms with Crippen LogP contribution in [0.3, 0.4) is 0 Å². The molecule has 0 atom stereocenters. The second-order valence-corrected chi connectivity index (χ2v) is 3.12. The molecule has 0 radical (unpaired) electrons. The summed E-state index contributed by atoms with van der Waals surface area (Å²) < 4.78 is 6.57. The lowest BCUT2D eigenvalue weighted by Gasteiger charge is -1.99.